The number of nitrogens with one attached hydrogen (secondary N) is 1. The zero-order valence-electron chi connectivity index (χ0n) is 15.2. The largest absolute Gasteiger partial charge is 0.441 e. The van der Waals surface area contributed by atoms with Crippen LogP contribution in [0.5, 0.6) is 0 Å². The fourth-order valence-corrected chi connectivity index (χ4v) is 3.32. The molecule has 7 nitrogen and oxygen atoms in total. The summed E-state index contributed by atoms with van der Waals surface area (Å²) in [5.74, 6) is 3.12. The Kier molecular flexibility index (Phi) is 5.27. The van der Waals surface area contributed by atoms with Gasteiger partial charge in [0.15, 0.2) is 17.5 Å². The van der Waals surface area contributed by atoms with Crippen molar-refractivity contribution >= 4 is 5.91 Å². The molecule has 1 amide bonds. The van der Waals surface area contributed by atoms with Crippen molar-refractivity contribution in [3.05, 3.63) is 54.1 Å². The highest BCUT2D eigenvalue weighted by Gasteiger charge is 2.15. The van der Waals surface area contributed by atoms with Gasteiger partial charge in [-0.15, -0.1) is 10.2 Å². The Morgan fingerprint density at radius 1 is 1.15 bits per heavy atom. The van der Waals surface area contributed by atoms with E-state index in [9.17, 15) is 4.79 Å². The lowest BCUT2D eigenvalue weighted by Gasteiger charge is -2.08. The van der Waals surface area contributed by atoms with Crippen molar-refractivity contribution in [2.45, 2.75) is 51.6 Å². The SMILES string of the molecule is O=C(CCc1ncc(-c2ccccc2)o1)NCc1nnc2n1CCCCC2. The highest BCUT2D eigenvalue weighted by Crippen LogP contribution is 2.20. The quantitative estimate of drug-likeness (QED) is 0.726. The number of nitrogens with zero attached hydrogens (tertiary/aromatic N) is 4. The Labute approximate surface area is 157 Å². The summed E-state index contributed by atoms with van der Waals surface area (Å²) < 4.78 is 7.89. The van der Waals surface area contributed by atoms with Crippen LogP contribution in [0.1, 0.15) is 43.2 Å². The molecule has 1 N–H and O–H groups in total. The molecule has 4 rings (SSSR count). The minimum atomic E-state index is -0.0413. The zero-order valence-corrected chi connectivity index (χ0v) is 15.2. The van der Waals surface area contributed by atoms with Crippen LogP contribution in [0.25, 0.3) is 11.3 Å². The summed E-state index contributed by atoms with van der Waals surface area (Å²) >= 11 is 0. The Morgan fingerprint density at radius 2 is 2.04 bits per heavy atom. The third kappa shape index (κ3) is 4.24. The maximum atomic E-state index is 12.2. The molecule has 140 valence electrons. The van der Waals surface area contributed by atoms with Crippen LogP contribution in [0.15, 0.2) is 40.9 Å². The summed E-state index contributed by atoms with van der Waals surface area (Å²) in [6, 6.07) is 9.81. The number of aryl methyl sites for hydroxylation is 2. The molecule has 1 aliphatic heterocycles. The molecule has 2 aromatic heterocycles. The first-order valence-corrected chi connectivity index (χ1v) is 9.47. The molecular weight excluding hydrogens is 342 g/mol. The fourth-order valence-electron chi connectivity index (χ4n) is 3.32. The summed E-state index contributed by atoms with van der Waals surface area (Å²) in [6.45, 7) is 1.35. The van der Waals surface area contributed by atoms with E-state index in [0.717, 1.165) is 48.8 Å². The van der Waals surface area contributed by atoms with Crippen LogP contribution in [0, 0.1) is 0 Å². The molecule has 1 aliphatic rings. The molecule has 0 bridgehead atoms. The monoisotopic (exact) mass is 365 g/mol. The molecule has 0 unspecified atom stereocenters. The molecule has 0 atom stereocenters. The molecule has 0 radical (unpaired) electrons. The summed E-state index contributed by atoms with van der Waals surface area (Å²) in [5, 5.41) is 11.4. The van der Waals surface area contributed by atoms with Gasteiger partial charge < -0.3 is 14.3 Å². The van der Waals surface area contributed by atoms with E-state index < -0.39 is 0 Å². The topological polar surface area (TPSA) is 85.8 Å². The Hall–Kier alpha value is -2.96. The van der Waals surface area contributed by atoms with E-state index in [1.807, 2.05) is 30.3 Å². The van der Waals surface area contributed by atoms with Gasteiger partial charge in [0.2, 0.25) is 5.91 Å². The number of hydrogen-bond acceptors (Lipinski definition) is 5. The molecule has 3 aromatic rings. The first-order valence-electron chi connectivity index (χ1n) is 9.47. The lowest BCUT2D eigenvalue weighted by Crippen LogP contribution is -2.25. The van der Waals surface area contributed by atoms with Crippen LogP contribution in [0.2, 0.25) is 0 Å². The number of carbonyl (C=O) groups is 1. The Morgan fingerprint density at radius 3 is 2.93 bits per heavy atom. The van der Waals surface area contributed by atoms with Gasteiger partial charge in [0.25, 0.3) is 0 Å². The van der Waals surface area contributed by atoms with Crippen molar-refractivity contribution in [1.82, 2.24) is 25.1 Å². The second-order valence-corrected chi connectivity index (χ2v) is 6.76. The number of carbonyl (C=O) groups excluding carboxylic acids is 1. The van der Waals surface area contributed by atoms with E-state index in [0.29, 0.717) is 25.3 Å². The normalized spacial score (nSPS) is 13.8. The Balaban J connectivity index is 1.28. The number of benzene rings is 1. The predicted octanol–water partition coefficient (Wildman–Crippen LogP) is 2.91. The van der Waals surface area contributed by atoms with Crippen LogP contribution in [-0.2, 0) is 30.7 Å². The minimum Gasteiger partial charge on any atom is -0.441 e. The van der Waals surface area contributed by atoms with Crippen LogP contribution in [0.3, 0.4) is 0 Å². The molecule has 0 fully saturated rings. The van der Waals surface area contributed by atoms with Crippen LogP contribution >= 0.6 is 0 Å². The fraction of sp³-hybridized carbons (Fsp3) is 0.400. The minimum absolute atomic E-state index is 0.0413. The molecule has 0 aliphatic carbocycles. The molecule has 1 aromatic carbocycles. The standard InChI is InChI=1S/C20H23N5O2/c26-19(21-14-18-24-23-17-9-5-2-6-12-25(17)18)10-11-20-22-13-16(27-20)15-7-3-1-4-8-15/h1,3-4,7-8,13H,2,5-6,9-12,14H2,(H,21,26). The highest BCUT2D eigenvalue weighted by atomic mass is 16.4. The number of aromatic nitrogens is 4. The third-order valence-electron chi connectivity index (χ3n) is 4.81. The smallest absolute Gasteiger partial charge is 0.220 e. The number of rotatable bonds is 6. The molecule has 0 saturated heterocycles. The van der Waals surface area contributed by atoms with Gasteiger partial charge in [-0.1, -0.05) is 36.8 Å². The van der Waals surface area contributed by atoms with E-state index >= 15 is 0 Å². The second kappa shape index (κ2) is 8.16. The van der Waals surface area contributed by atoms with Crippen molar-refractivity contribution in [3.8, 4) is 11.3 Å². The lowest BCUT2D eigenvalue weighted by atomic mass is 10.2. The number of amides is 1. The van der Waals surface area contributed by atoms with Crippen molar-refractivity contribution in [3.63, 3.8) is 0 Å². The van der Waals surface area contributed by atoms with Gasteiger partial charge in [-0.3, -0.25) is 4.79 Å². The summed E-state index contributed by atoms with van der Waals surface area (Å²) in [5.41, 5.74) is 0.980. The van der Waals surface area contributed by atoms with Crippen molar-refractivity contribution < 1.29 is 9.21 Å². The van der Waals surface area contributed by atoms with E-state index in [-0.39, 0.29) is 5.91 Å². The van der Waals surface area contributed by atoms with Gasteiger partial charge in [-0.2, -0.15) is 0 Å². The average molecular weight is 365 g/mol. The van der Waals surface area contributed by atoms with Gasteiger partial charge in [-0.25, -0.2) is 4.98 Å². The molecule has 7 heteroatoms. The van der Waals surface area contributed by atoms with Crippen LogP contribution in [-0.4, -0.2) is 25.7 Å². The van der Waals surface area contributed by atoms with E-state index in [2.05, 4.69) is 25.1 Å². The summed E-state index contributed by atoms with van der Waals surface area (Å²) in [6.07, 6.45) is 6.98. The molecule has 0 spiro atoms. The number of hydrogen-bond donors (Lipinski definition) is 1. The molecule has 0 saturated carbocycles. The van der Waals surface area contributed by atoms with Gasteiger partial charge in [0.1, 0.15) is 5.82 Å². The Bertz CT molecular complexity index is 900. The zero-order chi connectivity index (χ0) is 18.5. The molecule has 3 heterocycles. The van der Waals surface area contributed by atoms with Crippen molar-refractivity contribution in [2.24, 2.45) is 0 Å². The molecular formula is C20H23N5O2. The summed E-state index contributed by atoms with van der Waals surface area (Å²) in [4.78, 5) is 16.5. The van der Waals surface area contributed by atoms with Crippen LogP contribution < -0.4 is 5.32 Å². The van der Waals surface area contributed by atoms with Gasteiger partial charge in [0.05, 0.1) is 12.7 Å². The highest BCUT2D eigenvalue weighted by molar-refractivity contribution is 5.75. The maximum Gasteiger partial charge on any atom is 0.220 e. The van der Waals surface area contributed by atoms with E-state index in [1.54, 1.807) is 6.20 Å². The van der Waals surface area contributed by atoms with Crippen molar-refractivity contribution in [2.75, 3.05) is 0 Å². The number of fused-ring (bicyclic) bond motifs is 1. The van der Waals surface area contributed by atoms with Crippen molar-refractivity contribution in [1.29, 1.82) is 0 Å². The van der Waals surface area contributed by atoms with E-state index in [4.69, 9.17) is 4.42 Å². The molecule has 27 heavy (non-hydrogen) atoms. The van der Waals surface area contributed by atoms with Gasteiger partial charge in [0, 0.05) is 31.4 Å². The van der Waals surface area contributed by atoms with E-state index in [1.165, 1.54) is 6.42 Å². The van der Waals surface area contributed by atoms with Gasteiger partial charge in [-0.05, 0) is 12.8 Å². The number of oxazole rings is 1. The maximum absolute atomic E-state index is 12.2. The van der Waals surface area contributed by atoms with Gasteiger partial charge >= 0.3 is 0 Å². The second-order valence-electron chi connectivity index (χ2n) is 6.76. The summed E-state index contributed by atoms with van der Waals surface area (Å²) in [7, 11) is 0. The first-order chi connectivity index (χ1) is 13.3. The third-order valence-corrected chi connectivity index (χ3v) is 4.81. The van der Waals surface area contributed by atoms with Crippen LogP contribution in [0.4, 0.5) is 0 Å². The average Bonchev–Trinajstić information content (AvgIpc) is 3.26. The lowest BCUT2D eigenvalue weighted by molar-refractivity contribution is -0.121. The first kappa shape index (κ1) is 17.5. The predicted molar refractivity (Wildman–Crippen MR) is 99.7 cm³/mol.